The van der Waals surface area contributed by atoms with Gasteiger partial charge in [0.2, 0.25) is 0 Å². The third-order valence-electron chi connectivity index (χ3n) is 3.90. The molecule has 0 fully saturated rings. The van der Waals surface area contributed by atoms with Crippen LogP contribution in [0.15, 0.2) is 65.8 Å². The lowest BCUT2D eigenvalue weighted by Gasteiger charge is -2.09. The van der Waals surface area contributed by atoms with Gasteiger partial charge in [0.05, 0.1) is 25.5 Å². The highest BCUT2D eigenvalue weighted by atomic mass is 16.5. The van der Waals surface area contributed by atoms with Crippen molar-refractivity contribution in [3.05, 3.63) is 71.8 Å². The molecular weight excluding hydrogens is 328 g/mol. The number of para-hydroxylation sites is 1. The second-order valence-corrected chi connectivity index (χ2v) is 5.57. The molecule has 0 bridgehead atoms. The molecule has 0 saturated carbocycles. The summed E-state index contributed by atoms with van der Waals surface area (Å²) < 4.78 is 10.9. The zero-order chi connectivity index (χ0) is 18.4. The molecule has 5 heteroatoms. The van der Waals surface area contributed by atoms with Crippen molar-refractivity contribution in [1.82, 2.24) is 5.43 Å². The van der Waals surface area contributed by atoms with Gasteiger partial charge in [0.25, 0.3) is 5.91 Å². The fraction of sp³-hybridized carbons (Fsp3) is 0.143. The maximum atomic E-state index is 12.5. The molecule has 1 N–H and O–H groups in total. The number of ether oxygens (including phenoxy) is 2. The number of methoxy groups -OCH3 is 1. The van der Waals surface area contributed by atoms with Crippen molar-refractivity contribution in [2.45, 2.75) is 6.92 Å². The highest BCUT2D eigenvalue weighted by molar-refractivity contribution is 6.02. The number of fused-ring (bicyclic) bond motifs is 1. The number of carbonyl (C=O) groups is 1. The van der Waals surface area contributed by atoms with E-state index >= 15 is 0 Å². The number of hydrogen-bond acceptors (Lipinski definition) is 4. The molecular formula is C21H20N2O3. The Kier molecular flexibility index (Phi) is 5.49. The second-order valence-electron chi connectivity index (χ2n) is 5.57. The van der Waals surface area contributed by atoms with Gasteiger partial charge in [-0.1, -0.05) is 36.4 Å². The first-order valence-electron chi connectivity index (χ1n) is 8.35. The van der Waals surface area contributed by atoms with Crippen molar-refractivity contribution in [2.24, 2.45) is 5.10 Å². The van der Waals surface area contributed by atoms with Gasteiger partial charge in [0, 0.05) is 5.56 Å². The Labute approximate surface area is 152 Å². The standard InChI is InChI=1S/C21H20N2O3/c1-3-26-19-11-7-6-10-17(19)14-22-23-21(24)18-12-15-8-4-5-9-16(15)13-20(18)25-2/h4-14H,3H2,1-2H3,(H,23,24)/b22-14-. The van der Waals surface area contributed by atoms with Gasteiger partial charge in [-0.3, -0.25) is 4.79 Å². The van der Waals surface area contributed by atoms with Gasteiger partial charge in [0.15, 0.2) is 0 Å². The number of nitrogens with one attached hydrogen (secondary N) is 1. The first kappa shape index (κ1) is 17.5. The third-order valence-corrected chi connectivity index (χ3v) is 3.90. The molecule has 26 heavy (non-hydrogen) atoms. The summed E-state index contributed by atoms with van der Waals surface area (Å²) in [7, 11) is 1.54. The zero-order valence-corrected chi connectivity index (χ0v) is 14.7. The van der Waals surface area contributed by atoms with Crippen molar-refractivity contribution in [2.75, 3.05) is 13.7 Å². The van der Waals surface area contributed by atoms with E-state index in [1.807, 2.05) is 61.5 Å². The van der Waals surface area contributed by atoms with Gasteiger partial charge in [-0.05, 0) is 42.0 Å². The van der Waals surface area contributed by atoms with Gasteiger partial charge in [-0.2, -0.15) is 5.10 Å². The Morgan fingerprint density at radius 2 is 1.73 bits per heavy atom. The van der Waals surface area contributed by atoms with Crippen LogP contribution in [-0.4, -0.2) is 25.8 Å². The fourth-order valence-corrected chi connectivity index (χ4v) is 2.66. The van der Waals surface area contributed by atoms with Crippen molar-refractivity contribution < 1.29 is 14.3 Å². The van der Waals surface area contributed by atoms with E-state index in [2.05, 4.69) is 10.5 Å². The van der Waals surface area contributed by atoms with Gasteiger partial charge >= 0.3 is 0 Å². The minimum absolute atomic E-state index is 0.335. The van der Waals surface area contributed by atoms with Crippen LogP contribution in [0.3, 0.4) is 0 Å². The lowest BCUT2D eigenvalue weighted by atomic mass is 10.1. The summed E-state index contributed by atoms with van der Waals surface area (Å²) in [6.45, 7) is 2.48. The molecule has 3 aromatic carbocycles. The van der Waals surface area contributed by atoms with Crippen LogP contribution in [0.1, 0.15) is 22.8 Å². The van der Waals surface area contributed by atoms with Gasteiger partial charge in [-0.15, -0.1) is 0 Å². The summed E-state index contributed by atoms with van der Waals surface area (Å²) in [5, 5.41) is 6.03. The molecule has 0 aliphatic heterocycles. The molecule has 1 amide bonds. The average molecular weight is 348 g/mol. The Morgan fingerprint density at radius 1 is 1.04 bits per heavy atom. The fourth-order valence-electron chi connectivity index (χ4n) is 2.66. The molecule has 5 nitrogen and oxygen atoms in total. The van der Waals surface area contributed by atoms with Crippen LogP contribution in [0.2, 0.25) is 0 Å². The van der Waals surface area contributed by atoms with Crippen molar-refractivity contribution >= 4 is 22.9 Å². The summed E-state index contributed by atoms with van der Waals surface area (Å²) in [4.78, 5) is 12.5. The smallest absolute Gasteiger partial charge is 0.275 e. The van der Waals surface area contributed by atoms with Gasteiger partial charge < -0.3 is 9.47 Å². The lowest BCUT2D eigenvalue weighted by Crippen LogP contribution is -2.18. The van der Waals surface area contributed by atoms with Crippen LogP contribution in [0.25, 0.3) is 10.8 Å². The Morgan fingerprint density at radius 3 is 2.46 bits per heavy atom. The molecule has 0 aliphatic carbocycles. The van der Waals surface area contributed by atoms with E-state index in [4.69, 9.17) is 9.47 Å². The summed E-state index contributed by atoms with van der Waals surface area (Å²) in [5.41, 5.74) is 3.77. The Balaban J connectivity index is 1.81. The van der Waals surface area contributed by atoms with Gasteiger partial charge in [0.1, 0.15) is 11.5 Å². The maximum Gasteiger partial charge on any atom is 0.275 e. The highest BCUT2D eigenvalue weighted by Crippen LogP contribution is 2.25. The molecule has 0 radical (unpaired) electrons. The van der Waals surface area contributed by atoms with Crippen LogP contribution in [0, 0.1) is 0 Å². The molecule has 0 aliphatic rings. The van der Waals surface area contributed by atoms with Crippen LogP contribution in [0.5, 0.6) is 11.5 Å². The summed E-state index contributed by atoms with van der Waals surface area (Å²) in [5.74, 6) is 0.889. The molecule has 0 atom stereocenters. The van der Waals surface area contributed by atoms with E-state index < -0.39 is 0 Å². The topological polar surface area (TPSA) is 59.9 Å². The molecule has 0 heterocycles. The number of benzene rings is 3. The van der Waals surface area contributed by atoms with Crippen LogP contribution in [0.4, 0.5) is 0 Å². The predicted octanol–water partition coefficient (Wildman–Crippen LogP) is 4.01. The van der Waals surface area contributed by atoms with Gasteiger partial charge in [-0.25, -0.2) is 5.43 Å². The number of hydrogen-bond donors (Lipinski definition) is 1. The zero-order valence-electron chi connectivity index (χ0n) is 14.7. The molecule has 0 spiro atoms. The minimum atomic E-state index is -0.335. The van der Waals surface area contributed by atoms with E-state index in [0.717, 1.165) is 22.1 Å². The molecule has 0 unspecified atom stereocenters. The SMILES string of the molecule is CCOc1ccccc1/C=N\NC(=O)c1cc2ccccc2cc1OC. The Hall–Kier alpha value is -3.34. The third kappa shape index (κ3) is 3.83. The monoisotopic (exact) mass is 348 g/mol. The molecule has 0 saturated heterocycles. The predicted molar refractivity (Wildman–Crippen MR) is 103 cm³/mol. The summed E-state index contributed by atoms with van der Waals surface area (Å²) in [6, 6.07) is 19.0. The number of rotatable bonds is 6. The lowest BCUT2D eigenvalue weighted by molar-refractivity contribution is 0.0952. The molecule has 3 aromatic rings. The van der Waals surface area contributed by atoms with E-state index in [1.165, 1.54) is 0 Å². The van der Waals surface area contributed by atoms with Crippen molar-refractivity contribution in [3.8, 4) is 11.5 Å². The quantitative estimate of drug-likeness (QED) is 0.541. The summed E-state index contributed by atoms with van der Waals surface area (Å²) >= 11 is 0. The van der Waals surface area contributed by atoms with Crippen LogP contribution < -0.4 is 14.9 Å². The number of hydrazone groups is 1. The maximum absolute atomic E-state index is 12.5. The van der Waals surface area contributed by atoms with Crippen LogP contribution >= 0.6 is 0 Å². The normalized spacial score (nSPS) is 10.8. The summed E-state index contributed by atoms with van der Waals surface area (Å²) in [6.07, 6.45) is 1.57. The highest BCUT2D eigenvalue weighted by Gasteiger charge is 2.13. The number of amides is 1. The second kappa shape index (κ2) is 8.16. The largest absolute Gasteiger partial charge is 0.496 e. The minimum Gasteiger partial charge on any atom is -0.496 e. The molecule has 132 valence electrons. The average Bonchev–Trinajstić information content (AvgIpc) is 2.68. The van der Waals surface area contributed by atoms with Crippen molar-refractivity contribution in [3.63, 3.8) is 0 Å². The van der Waals surface area contributed by atoms with Crippen molar-refractivity contribution in [1.29, 1.82) is 0 Å². The van der Waals surface area contributed by atoms with Crippen LogP contribution in [-0.2, 0) is 0 Å². The molecule has 3 rings (SSSR count). The number of nitrogens with zero attached hydrogens (tertiary/aromatic N) is 1. The number of carbonyl (C=O) groups excluding carboxylic acids is 1. The first-order chi connectivity index (χ1) is 12.7. The van der Waals surface area contributed by atoms with E-state index in [-0.39, 0.29) is 5.91 Å². The van der Waals surface area contributed by atoms with E-state index in [0.29, 0.717) is 17.9 Å². The first-order valence-corrected chi connectivity index (χ1v) is 8.35. The van der Waals surface area contributed by atoms with E-state index in [9.17, 15) is 4.79 Å². The molecule has 0 aromatic heterocycles. The van der Waals surface area contributed by atoms with E-state index in [1.54, 1.807) is 19.4 Å². The Bertz CT molecular complexity index is 951.